The summed E-state index contributed by atoms with van der Waals surface area (Å²) < 4.78 is 24.4. The zero-order valence-corrected chi connectivity index (χ0v) is 21.4. The Bertz CT molecular complexity index is 871. The number of halogens is 2. The van der Waals surface area contributed by atoms with Gasteiger partial charge in [0.15, 0.2) is 0 Å². The molecule has 0 aromatic rings. The van der Waals surface area contributed by atoms with Gasteiger partial charge in [-0.25, -0.2) is 9.38 Å². The molecule has 0 bridgehead atoms. The lowest BCUT2D eigenvalue weighted by molar-refractivity contribution is 0.0345. The molecule has 0 amide bonds. The van der Waals surface area contributed by atoms with Crippen LogP contribution in [0.2, 0.25) is 0 Å². The Morgan fingerprint density at radius 3 is 2.76 bits per heavy atom. The lowest BCUT2D eigenvalue weighted by Crippen LogP contribution is -2.37. The highest BCUT2D eigenvalue weighted by Gasteiger charge is 2.12. The highest BCUT2D eigenvalue weighted by atomic mass is 35.5. The van der Waals surface area contributed by atoms with Gasteiger partial charge in [0.1, 0.15) is 24.6 Å². The third kappa shape index (κ3) is 9.75. The number of nitrogens with zero attached hydrogens (tertiary/aromatic N) is 3. The topological polar surface area (TPSA) is 61.4 Å². The van der Waals surface area contributed by atoms with Crippen LogP contribution in [0.1, 0.15) is 20.3 Å². The van der Waals surface area contributed by atoms with Crippen molar-refractivity contribution in [2.45, 2.75) is 20.3 Å². The minimum absolute atomic E-state index is 0.00971. The molecular formula is C25H37ClFN5O2. The molecule has 2 aliphatic heterocycles. The molecule has 0 spiro atoms. The summed E-state index contributed by atoms with van der Waals surface area (Å²) in [7, 11) is 3.83. The second kappa shape index (κ2) is 15.4. The van der Waals surface area contributed by atoms with E-state index >= 15 is 0 Å². The molecule has 0 saturated carbocycles. The van der Waals surface area contributed by atoms with Gasteiger partial charge in [0.2, 0.25) is 0 Å². The van der Waals surface area contributed by atoms with E-state index in [0.29, 0.717) is 31.1 Å². The maximum absolute atomic E-state index is 12.8. The van der Waals surface area contributed by atoms with E-state index in [9.17, 15) is 4.39 Å². The van der Waals surface area contributed by atoms with E-state index in [-0.39, 0.29) is 5.03 Å². The number of aliphatic imine (C=N–C) groups is 1. The Kier molecular flexibility index (Phi) is 12.5. The third-order valence-electron chi connectivity index (χ3n) is 5.33. The first kappa shape index (κ1) is 27.7. The van der Waals surface area contributed by atoms with Gasteiger partial charge in [-0.05, 0) is 44.6 Å². The molecule has 2 heterocycles. The van der Waals surface area contributed by atoms with E-state index in [0.717, 1.165) is 56.4 Å². The lowest BCUT2D eigenvalue weighted by Gasteiger charge is -2.26. The molecule has 9 heteroatoms. The minimum atomic E-state index is -0.00971. The van der Waals surface area contributed by atoms with Crippen molar-refractivity contribution in [3.63, 3.8) is 0 Å². The van der Waals surface area contributed by atoms with Crippen LogP contribution in [0.4, 0.5) is 4.39 Å². The fourth-order valence-corrected chi connectivity index (χ4v) is 3.42. The molecule has 0 aliphatic carbocycles. The van der Waals surface area contributed by atoms with Gasteiger partial charge in [-0.1, -0.05) is 17.7 Å². The fraction of sp³-hybridized carbons (Fsp3) is 0.480. The van der Waals surface area contributed by atoms with Gasteiger partial charge in [0.25, 0.3) is 0 Å². The van der Waals surface area contributed by atoms with Crippen LogP contribution < -0.4 is 10.6 Å². The van der Waals surface area contributed by atoms with Gasteiger partial charge in [0.05, 0.1) is 30.5 Å². The Morgan fingerprint density at radius 1 is 1.32 bits per heavy atom. The summed E-state index contributed by atoms with van der Waals surface area (Å²) in [6, 6.07) is 0. The summed E-state index contributed by atoms with van der Waals surface area (Å²) in [5.74, 6) is 1.37. The third-order valence-corrected chi connectivity index (χ3v) is 5.53. The van der Waals surface area contributed by atoms with Gasteiger partial charge in [-0.3, -0.25) is 4.90 Å². The second-order valence-corrected chi connectivity index (χ2v) is 8.34. The molecule has 0 radical (unpaired) electrons. The van der Waals surface area contributed by atoms with Crippen LogP contribution in [0.3, 0.4) is 0 Å². The molecule has 1 saturated heterocycles. The van der Waals surface area contributed by atoms with E-state index in [1.807, 2.05) is 57.1 Å². The standard InChI is InChI=1S/C25H37ClFN5O2/c1-5-7-22(17-21(26)18-27)30-25-9-8-23(28-3)24(16-20(2)31(4)19-29-25)34-13-6-10-32-11-14-33-15-12-32/h5,7-9,16-18,28H,6,10-15,19H2,1-4H3,(H,29,30)/b7-5-,9-8+,20-16+,21-18-,22-17+,24-23-. The Morgan fingerprint density at radius 2 is 2.09 bits per heavy atom. The summed E-state index contributed by atoms with van der Waals surface area (Å²) in [4.78, 5) is 9.08. The summed E-state index contributed by atoms with van der Waals surface area (Å²) in [6.07, 6.45) is 12.2. The highest BCUT2D eigenvalue weighted by molar-refractivity contribution is 6.31. The summed E-state index contributed by atoms with van der Waals surface area (Å²) >= 11 is 5.86. The minimum Gasteiger partial charge on any atom is -0.491 e. The highest BCUT2D eigenvalue weighted by Crippen LogP contribution is 2.15. The van der Waals surface area contributed by atoms with Crippen molar-refractivity contribution < 1.29 is 13.9 Å². The maximum Gasteiger partial charge on any atom is 0.144 e. The van der Waals surface area contributed by atoms with Crippen LogP contribution in [-0.4, -0.2) is 75.9 Å². The number of allylic oxidation sites excluding steroid dienone is 7. The predicted molar refractivity (Wildman–Crippen MR) is 138 cm³/mol. The normalized spacial score (nSPS) is 25.4. The summed E-state index contributed by atoms with van der Waals surface area (Å²) in [5, 5.41) is 6.43. The zero-order chi connectivity index (χ0) is 24.8. The molecule has 0 atom stereocenters. The van der Waals surface area contributed by atoms with Gasteiger partial charge < -0.3 is 25.0 Å². The van der Waals surface area contributed by atoms with E-state index in [2.05, 4.69) is 20.5 Å². The van der Waals surface area contributed by atoms with Crippen LogP contribution >= 0.6 is 11.6 Å². The fourth-order valence-electron chi connectivity index (χ4n) is 3.30. The van der Waals surface area contributed by atoms with E-state index < -0.39 is 0 Å². The van der Waals surface area contributed by atoms with Crippen molar-refractivity contribution in [1.29, 1.82) is 0 Å². The number of likely N-dealkylation sites (N-methyl/N-ethyl adjacent to an activating group) is 1. The van der Waals surface area contributed by atoms with Gasteiger partial charge in [-0.15, -0.1) is 0 Å². The lowest BCUT2D eigenvalue weighted by atomic mass is 10.2. The van der Waals surface area contributed by atoms with E-state index in [4.69, 9.17) is 21.1 Å². The zero-order valence-electron chi connectivity index (χ0n) is 20.6. The smallest absolute Gasteiger partial charge is 0.144 e. The van der Waals surface area contributed by atoms with Gasteiger partial charge in [0, 0.05) is 51.2 Å². The van der Waals surface area contributed by atoms with Crippen LogP contribution in [0.25, 0.3) is 0 Å². The Balaban J connectivity index is 2.19. The van der Waals surface area contributed by atoms with Crippen LogP contribution in [0.15, 0.2) is 75.7 Å². The van der Waals surface area contributed by atoms with Crippen LogP contribution in [-0.2, 0) is 9.47 Å². The van der Waals surface area contributed by atoms with Gasteiger partial charge in [-0.2, -0.15) is 0 Å². The van der Waals surface area contributed by atoms with E-state index in [1.165, 1.54) is 6.08 Å². The van der Waals surface area contributed by atoms with Crippen LogP contribution in [0, 0.1) is 0 Å². The first-order valence-electron chi connectivity index (χ1n) is 11.5. The first-order chi connectivity index (χ1) is 16.5. The molecule has 7 nitrogen and oxygen atoms in total. The molecular weight excluding hydrogens is 457 g/mol. The number of hydrogen-bond donors (Lipinski definition) is 2. The predicted octanol–water partition coefficient (Wildman–Crippen LogP) is 4.02. The van der Waals surface area contributed by atoms with Crippen molar-refractivity contribution >= 4 is 17.4 Å². The van der Waals surface area contributed by atoms with Crippen molar-refractivity contribution in [1.82, 2.24) is 20.4 Å². The number of morpholine rings is 1. The molecule has 0 aromatic heterocycles. The number of ether oxygens (including phenoxy) is 2. The molecule has 2 N–H and O–H groups in total. The van der Waals surface area contributed by atoms with Gasteiger partial charge >= 0.3 is 0 Å². The molecule has 0 aromatic carbocycles. The first-order valence-corrected chi connectivity index (χ1v) is 11.9. The van der Waals surface area contributed by atoms with Crippen molar-refractivity contribution in [2.24, 2.45) is 4.99 Å². The van der Waals surface area contributed by atoms with Crippen molar-refractivity contribution in [3.8, 4) is 0 Å². The van der Waals surface area contributed by atoms with Crippen molar-refractivity contribution in [3.05, 3.63) is 70.7 Å². The second-order valence-electron chi connectivity index (χ2n) is 7.90. The Labute approximate surface area is 208 Å². The number of nitrogens with one attached hydrogen (secondary N) is 2. The molecule has 0 unspecified atom stereocenters. The SMILES string of the molecule is C\C=C/C(=C\C(Cl)=C\F)NC1=N/CN(C)/C(C)=C/C(OCCCN2CCOCC2)=C(NC)\C=C\1. The number of hydrogen-bond acceptors (Lipinski definition) is 7. The van der Waals surface area contributed by atoms with Crippen LogP contribution in [0.5, 0.6) is 0 Å². The average molecular weight is 494 g/mol. The molecule has 34 heavy (non-hydrogen) atoms. The van der Waals surface area contributed by atoms with Crippen molar-refractivity contribution in [2.75, 3.05) is 60.2 Å². The summed E-state index contributed by atoms with van der Waals surface area (Å²) in [5.41, 5.74) is 2.46. The quantitative estimate of drug-likeness (QED) is 0.374. The maximum atomic E-state index is 12.8. The number of amidine groups is 1. The molecule has 1 fully saturated rings. The summed E-state index contributed by atoms with van der Waals surface area (Å²) in [6.45, 7) is 9.48. The molecule has 188 valence electrons. The van der Waals surface area contributed by atoms with E-state index in [1.54, 1.807) is 6.08 Å². The molecule has 2 aliphatic rings. The molecule has 2 rings (SSSR count). The largest absolute Gasteiger partial charge is 0.491 e. The monoisotopic (exact) mass is 493 g/mol. The Hall–Kier alpha value is -2.55. The average Bonchev–Trinajstić information content (AvgIpc) is 2.84. The number of rotatable bonds is 9.